The summed E-state index contributed by atoms with van der Waals surface area (Å²) in [6.45, 7) is 6.75. The molecule has 0 bridgehead atoms. The molecule has 0 amide bonds. The van der Waals surface area contributed by atoms with E-state index in [1.165, 1.54) is 0 Å². The van der Waals surface area contributed by atoms with Gasteiger partial charge in [0.05, 0.1) is 17.3 Å². The topological polar surface area (TPSA) is 50.1 Å². The molecule has 0 fully saturated rings. The molecule has 1 aromatic heterocycles. The van der Waals surface area contributed by atoms with E-state index in [1.54, 1.807) is 0 Å². The van der Waals surface area contributed by atoms with Gasteiger partial charge in [-0.1, -0.05) is 13.8 Å². The van der Waals surface area contributed by atoms with Crippen LogP contribution in [0.4, 0.5) is 0 Å². The number of nitrogens with zero attached hydrogens (tertiary/aromatic N) is 2. The molecular weight excluding hydrogens is 214 g/mol. The van der Waals surface area contributed by atoms with Crippen LogP contribution in [0.2, 0.25) is 0 Å². The summed E-state index contributed by atoms with van der Waals surface area (Å²) < 4.78 is 2.02. The summed E-state index contributed by atoms with van der Waals surface area (Å²) in [6.07, 6.45) is 4.78. The first-order chi connectivity index (χ1) is 8.02. The van der Waals surface area contributed by atoms with Crippen molar-refractivity contribution < 1.29 is 5.11 Å². The zero-order chi connectivity index (χ0) is 12.9. The van der Waals surface area contributed by atoms with Crippen molar-refractivity contribution in [3.63, 3.8) is 0 Å². The molecule has 2 N–H and O–H groups in total. The number of rotatable bonds is 7. The second-order valence-corrected chi connectivity index (χ2v) is 4.96. The second-order valence-electron chi connectivity index (χ2n) is 4.96. The molecule has 1 heterocycles. The van der Waals surface area contributed by atoms with Crippen molar-refractivity contribution in [2.24, 2.45) is 0 Å². The van der Waals surface area contributed by atoms with Crippen molar-refractivity contribution in [3.05, 3.63) is 18.0 Å². The summed E-state index contributed by atoms with van der Waals surface area (Å²) in [7, 11) is 1.84. The summed E-state index contributed by atoms with van der Waals surface area (Å²) >= 11 is 0. The van der Waals surface area contributed by atoms with Crippen molar-refractivity contribution >= 4 is 0 Å². The first-order valence-corrected chi connectivity index (χ1v) is 6.43. The van der Waals surface area contributed by atoms with E-state index in [1.807, 2.05) is 30.9 Å². The Bertz CT molecular complexity index is 329. The number of nitrogens with one attached hydrogen (secondary N) is 1. The zero-order valence-electron chi connectivity index (χ0n) is 11.4. The van der Waals surface area contributed by atoms with Gasteiger partial charge in [-0.2, -0.15) is 5.10 Å². The van der Waals surface area contributed by atoms with Crippen LogP contribution in [0.1, 0.15) is 45.3 Å². The van der Waals surface area contributed by atoms with Crippen LogP contribution in [-0.2, 0) is 6.42 Å². The lowest BCUT2D eigenvalue weighted by molar-refractivity contribution is 0.0610. The van der Waals surface area contributed by atoms with E-state index < -0.39 is 5.60 Å². The van der Waals surface area contributed by atoms with Gasteiger partial charge in [0.2, 0.25) is 0 Å². The predicted octanol–water partition coefficient (Wildman–Crippen LogP) is 1.76. The van der Waals surface area contributed by atoms with Gasteiger partial charge in [0, 0.05) is 19.2 Å². The number of hydrogen-bond donors (Lipinski definition) is 2. The molecular formula is C13H25N3O. The van der Waals surface area contributed by atoms with Crippen LogP contribution in [-0.4, -0.2) is 34.1 Å². The molecule has 0 aliphatic heterocycles. The monoisotopic (exact) mass is 239 g/mol. The van der Waals surface area contributed by atoms with Gasteiger partial charge in [-0.05, 0) is 32.9 Å². The highest BCUT2D eigenvalue weighted by Crippen LogP contribution is 2.16. The molecule has 1 unspecified atom stereocenters. The van der Waals surface area contributed by atoms with Gasteiger partial charge >= 0.3 is 0 Å². The molecule has 0 aliphatic carbocycles. The summed E-state index contributed by atoms with van der Waals surface area (Å²) in [5.74, 6) is 0. The zero-order valence-corrected chi connectivity index (χ0v) is 11.4. The Kier molecular flexibility index (Phi) is 5.15. The van der Waals surface area contributed by atoms with E-state index in [4.69, 9.17) is 0 Å². The molecule has 1 rings (SSSR count). The molecule has 17 heavy (non-hydrogen) atoms. The van der Waals surface area contributed by atoms with Crippen LogP contribution in [0.15, 0.2) is 12.3 Å². The van der Waals surface area contributed by atoms with Crippen molar-refractivity contribution in [1.82, 2.24) is 15.1 Å². The summed E-state index contributed by atoms with van der Waals surface area (Å²) in [4.78, 5) is 0. The number of aliphatic hydroxyl groups is 1. The van der Waals surface area contributed by atoms with Crippen molar-refractivity contribution in [1.29, 1.82) is 0 Å². The van der Waals surface area contributed by atoms with E-state index >= 15 is 0 Å². The first-order valence-electron chi connectivity index (χ1n) is 6.43. The number of hydrogen-bond acceptors (Lipinski definition) is 3. The molecule has 1 aromatic rings. The Morgan fingerprint density at radius 1 is 1.47 bits per heavy atom. The highest BCUT2D eigenvalue weighted by molar-refractivity contribution is 5.04. The lowest BCUT2D eigenvalue weighted by Gasteiger charge is -2.21. The van der Waals surface area contributed by atoms with Gasteiger partial charge in [0.15, 0.2) is 0 Å². The SMILES string of the molecule is CCC(CC)n1ccc(CC(C)(O)CNC)n1. The van der Waals surface area contributed by atoms with Crippen LogP contribution in [0.25, 0.3) is 0 Å². The molecule has 0 saturated carbocycles. The lowest BCUT2D eigenvalue weighted by atomic mass is 10.0. The van der Waals surface area contributed by atoms with Gasteiger partial charge < -0.3 is 10.4 Å². The maximum Gasteiger partial charge on any atom is 0.0799 e. The van der Waals surface area contributed by atoms with Crippen LogP contribution in [0.3, 0.4) is 0 Å². The summed E-state index contributed by atoms with van der Waals surface area (Å²) in [5, 5.41) is 17.7. The van der Waals surface area contributed by atoms with Gasteiger partial charge in [0.1, 0.15) is 0 Å². The largest absolute Gasteiger partial charge is 0.388 e. The standard InChI is InChI=1S/C13H25N3O/c1-5-12(6-2)16-8-7-11(15-16)9-13(3,17)10-14-4/h7-8,12,14,17H,5-6,9-10H2,1-4H3. The third-order valence-electron chi connectivity index (χ3n) is 3.10. The van der Waals surface area contributed by atoms with Crippen molar-refractivity contribution in [2.75, 3.05) is 13.6 Å². The van der Waals surface area contributed by atoms with Gasteiger partial charge in [0.25, 0.3) is 0 Å². The highest BCUT2D eigenvalue weighted by Gasteiger charge is 2.21. The Balaban J connectivity index is 2.68. The molecule has 0 aromatic carbocycles. The minimum atomic E-state index is -0.734. The molecule has 0 saturated heterocycles. The predicted molar refractivity (Wildman–Crippen MR) is 70.1 cm³/mol. The average molecular weight is 239 g/mol. The molecule has 1 atom stereocenters. The lowest BCUT2D eigenvalue weighted by Crippen LogP contribution is -2.38. The Hall–Kier alpha value is -0.870. The van der Waals surface area contributed by atoms with E-state index in [0.717, 1.165) is 18.5 Å². The third kappa shape index (κ3) is 4.13. The van der Waals surface area contributed by atoms with E-state index in [-0.39, 0.29) is 0 Å². The minimum absolute atomic E-state index is 0.470. The quantitative estimate of drug-likeness (QED) is 0.762. The second kappa shape index (κ2) is 6.17. The van der Waals surface area contributed by atoms with Crippen LogP contribution in [0.5, 0.6) is 0 Å². The molecule has 0 spiro atoms. The summed E-state index contributed by atoms with van der Waals surface area (Å²) in [6, 6.07) is 2.47. The summed E-state index contributed by atoms with van der Waals surface area (Å²) in [5.41, 5.74) is 0.221. The third-order valence-corrected chi connectivity index (χ3v) is 3.10. The maximum absolute atomic E-state index is 10.1. The maximum atomic E-state index is 10.1. The average Bonchev–Trinajstić information content (AvgIpc) is 2.67. The van der Waals surface area contributed by atoms with Gasteiger partial charge in [-0.15, -0.1) is 0 Å². The normalized spacial score (nSPS) is 15.2. The van der Waals surface area contributed by atoms with E-state index in [9.17, 15) is 5.11 Å². The molecule has 98 valence electrons. The fraction of sp³-hybridized carbons (Fsp3) is 0.769. The number of aromatic nitrogens is 2. The van der Waals surface area contributed by atoms with E-state index in [0.29, 0.717) is 19.0 Å². The Morgan fingerprint density at radius 3 is 2.65 bits per heavy atom. The Labute approximate surface area is 104 Å². The smallest absolute Gasteiger partial charge is 0.0799 e. The van der Waals surface area contributed by atoms with Crippen LogP contribution >= 0.6 is 0 Å². The van der Waals surface area contributed by atoms with Crippen molar-refractivity contribution in [3.8, 4) is 0 Å². The highest BCUT2D eigenvalue weighted by atomic mass is 16.3. The Morgan fingerprint density at radius 2 is 2.12 bits per heavy atom. The van der Waals surface area contributed by atoms with Crippen molar-refractivity contribution in [2.45, 2.75) is 51.7 Å². The number of likely N-dealkylation sites (N-methyl/N-ethyl adjacent to an activating group) is 1. The molecule has 4 heteroatoms. The molecule has 0 aliphatic rings. The van der Waals surface area contributed by atoms with Crippen LogP contribution < -0.4 is 5.32 Å². The van der Waals surface area contributed by atoms with Gasteiger partial charge in [-0.3, -0.25) is 4.68 Å². The van der Waals surface area contributed by atoms with E-state index in [2.05, 4.69) is 24.3 Å². The fourth-order valence-corrected chi connectivity index (χ4v) is 2.17. The van der Waals surface area contributed by atoms with Crippen LogP contribution in [0, 0.1) is 0 Å². The molecule has 0 radical (unpaired) electrons. The fourth-order valence-electron chi connectivity index (χ4n) is 2.17. The van der Waals surface area contributed by atoms with Gasteiger partial charge in [-0.25, -0.2) is 0 Å². The minimum Gasteiger partial charge on any atom is -0.388 e. The first kappa shape index (κ1) is 14.2. The molecule has 4 nitrogen and oxygen atoms in total.